The highest BCUT2D eigenvalue weighted by atomic mass is 35.5. The van der Waals surface area contributed by atoms with Gasteiger partial charge in [0.2, 0.25) is 0 Å². The highest BCUT2D eigenvalue weighted by molar-refractivity contribution is 6.42. The van der Waals surface area contributed by atoms with Crippen LogP contribution >= 0.6 is 23.2 Å². The number of carbonyl (C=O) groups is 2. The summed E-state index contributed by atoms with van der Waals surface area (Å²) in [7, 11) is 0. The standard InChI is InChI=1S/C17H16Cl2O3/c1-17(2)7-12(20)15-10(6-14(21)22-13(15)8-17)9-4-3-5-11(18)16(9)19/h3-5,10H,6-8H2,1-2H3/t10-/m0/s1. The van der Waals surface area contributed by atoms with Gasteiger partial charge in [-0.05, 0) is 17.0 Å². The quantitative estimate of drug-likeness (QED) is 0.699. The van der Waals surface area contributed by atoms with Crippen LogP contribution in [0.1, 0.15) is 44.6 Å². The van der Waals surface area contributed by atoms with Crippen molar-refractivity contribution in [3.8, 4) is 0 Å². The molecule has 1 aromatic rings. The Hall–Kier alpha value is -1.32. The van der Waals surface area contributed by atoms with Crippen molar-refractivity contribution in [2.45, 2.75) is 39.0 Å². The average Bonchev–Trinajstić information content (AvgIpc) is 2.39. The number of carbonyl (C=O) groups excluding carboxylic acids is 2. The number of ether oxygens (including phenoxy) is 1. The molecule has 0 radical (unpaired) electrons. The first-order valence-electron chi connectivity index (χ1n) is 7.19. The van der Waals surface area contributed by atoms with Gasteiger partial charge in [0.05, 0.1) is 16.5 Å². The van der Waals surface area contributed by atoms with Gasteiger partial charge in [0.25, 0.3) is 0 Å². The number of ketones is 1. The first-order valence-corrected chi connectivity index (χ1v) is 7.95. The van der Waals surface area contributed by atoms with Crippen molar-refractivity contribution in [2.24, 2.45) is 5.41 Å². The number of Topliss-reactive ketones (excluding diaryl/α,β-unsaturated/α-hetero) is 1. The number of hydrogen-bond acceptors (Lipinski definition) is 3. The van der Waals surface area contributed by atoms with Crippen LogP contribution in [0.3, 0.4) is 0 Å². The van der Waals surface area contributed by atoms with Crippen molar-refractivity contribution in [1.29, 1.82) is 0 Å². The van der Waals surface area contributed by atoms with Crippen LogP contribution in [-0.2, 0) is 14.3 Å². The Kier molecular flexibility index (Phi) is 3.82. The predicted molar refractivity (Wildman–Crippen MR) is 85.0 cm³/mol. The molecule has 0 fully saturated rings. The van der Waals surface area contributed by atoms with E-state index in [0.717, 1.165) is 0 Å². The Balaban J connectivity index is 2.13. The molecule has 3 nitrogen and oxygen atoms in total. The largest absolute Gasteiger partial charge is 0.431 e. The Morgan fingerprint density at radius 1 is 1.18 bits per heavy atom. The molecular formula is C17H16Cl2O3. The third kappa shape index (κ3) is 2.68. The van der Waals surface area contributed by atoms with Gasteiger partial charge in [0, 0.05) is 24.3 Å². The maximum Gasteiger partial charge on any atom is 0.311 e. The van der Waals surface area contributed by atoms with Crippen molar-refractivity contribution in [3.05, 3.63) is 45.1 Å². The molecule has 1 aliphatic carbocycles. The number of hydrogen-bond donors (Lipinski definition) is 0. The zero-order valence-corrected chi connectivity index (χ0v) is 13.9. The molecule has 116 valence electrons. The summed E-state index contributed by atoms with van der Waals surface area (Å²) < 4.78 is 5.36. The minimum atomic E-state index is -0.369. The van der Waals surface area contributed by atoms with E-state index in [1.165, 1.54) is 0 Å². The summed E-state index contributed by atoms with van der Waals surface area (Å²) in [4.78, 5) is 24.6. The summed E-state index contributed by atoms with van der Waals surface area (Å²) in [5.74, 6) is -0.172. The molecule has 0 spiro atoms. The van der Waals surface area contributed by atoms with Crippen molar-refractivity contribution in [2.75, 3.05) is 0 Å². The second-order valence-electron chi connectivity index (χ2n) is 6.65. The van der Waals surface area contributed by atoms with Gasteiger partial charge in [-0.15, -0.1) is 0 Å². The molecule has 0 N–H and O–H groups in total. The summed E-state index contributed by atoms with van der Waals surface area (Å²) in [6, 6.07) is 5.28. The summed E-state index contributed by atoms with van der Waals surface area (Å²) >= 11 is 12.4. The van der Waals surface area contributed by atoms with Crippen molar-refractivity contribution in [1.82, 2.24) is 0 Å². The zero-order valence-electron chi connectivity index (χ0n) is 12.4. The lowest BCUT2D eigenvalue weighted by Crippen LogP contribution is -2.34. The van der Waals surface area contributed by atoms with E-state index >= 15 is 0 Å². The molecule has 0 aromatic heterocycles. The molecule has 2 aliphatic rings. The van der Waals surface area contributed by atoms with E-state index < -0.39 is 0 Å². The van der Waals surface area contributed by atoms with Crippen LogP contribution in [0.5, 0.6) is 0 Å². The normalized spacial score (nSPS) is 24.1. The molecule has 22 heavy (non-hydrogen) atoms. The van der Waals surface area contributed by atoms with Gasteiger partial charge in [-0.1, -0.05) is 49.2 Å². The molecule has 1 aliphatic heterocycles. The van der Waals surface area contributed by atoms with Crippen LogP contribution in [0, 0.1) is 5.41 Å². The molecule has 5 heteroatoms. The van der Waals surface area contributed by atoms with E-state index in [4.69, 9.17) is 27.9 Å². The Morgan fingerprint density at radius 3 is 2.64 bits per heavy atom. The van der Waals surface area contributed by atoms with E-state index in [9.17, 15) is 9.59 Å². The third-order valence-electron chi connectivity index (χ3n) is 4.19. The second-order valence-corrected chi connectivity index (χ2v) is 7.44. The highest BCUT2D eigenvalue weighted by Gasteiger charge is 2.42. The van der Waals surface area contributed by atoms with E-state index in [1.54, 1.807) is 12.1 Å². The van der Waals surface area contributed by atoms with Crippen LogP contribution in [0.15, 0.2) is 29.5 Å². The molecule has 0 amide bonds. The molecule has 0 saturated carbocycles. The zero-order chi connectivity index (χ0) is 16.1. The summed E-state index contributed by atoms with van der Waals surface area (Å²) in [5.41, 5.74) is 1.10. The topological polar surface area (TPSA) is 43.4 Å². The fourth-order valence-corrected chi connectivity index (χ4v) is 3.70. The Bertz CT molecular complexity index is 704. The van der Waals surface area contributed by atoms with E-state index in [1.807, 2.05) is 19.9 Å². The summed E-state index contributed by atoms with van der Waals surface area (Å²) in [5, 5.41) is 0.817. The predicted octanol–water partition coefficient (Wildman–Crippen LogP) is 4.67. The van der Waals surface area contributed by atoms with E-state index in [2.05, 4.69) is 0 Å². The third-order valence-corrected chi connectivity index (χ3v) is 5.03. The molecule has 1 aromatic carbocycles. The fourth-order valence-electron chi connectivity index (χ4n) is 3.26. The number of halogens is 2. The minimum Gasteiger partial charge on any atom is -0.431 e. The first kappa shape index (κ1) is 15.6. The molecular weight excluding hydrogens is 323 g/mol. The van der Waals surface area contributed by atoms with Crippen LogP contribution in [-0.4, -0.2) is 11.8 Å². The van der Waals surface area contributed by atoms with Gasteiger partial charge in [0.15, 0.2) is 5.78 Å². The lowest BCUT2D eigenvalue weighted by atomic mass is 9.71. The molecule has 1 atom stereocenters. The maximum atomic E-state index is 12.6. The van der Waals surface area contributed by atoms with Gasteiger partial charge in [-0.25, -0.2) is 0 Å². The van der Waals surface area contributed by atoms with Gasteiger partial charge in [-0.3, -0.25) is 9.59 Å². The number of benzene rings is 1. The smallest absolute Gasteiger partial charge is 0.311 e. The SMILES string of the molecule is CC1(C)CC(=O)C2=C(C1)OC(=O)C[C@H]2c1cccc(Cl)c1Cl. The monoisotopic (exact) mass is 338 g/mol. The van der Waals surface area contributed by atoms with E-state index in [-0.39, 0.29) is 29.5 Å². The lowest BCUT2D eigenvalue weighted by Gasteiger charge is -2.36. The van der Waals surface area contributed by atoms with Gasteiger partial charge in [0.1, 0.15) is 5.76 Å². The van der Waals surface area contributed by atoms with Crippen LogP contribution in [0.2, 0.25) is 10.0 Å². The Labute approximate surface area is 139 Å². The second kappa shape index (κ2) is 5.39. The van der Waals surface area contributed by atoms with Crippen LogP contribution in [0.4, 0.5) is 0 Å². The van der Waals surface area contributed by atoms with Gasteiger partial charge < -0.3 is 4.74 Å². The molecule has 3 rings (SSSR count). The molecule has 0 bridgehead atoms. The first-order chi connectivity index (χ1) is 10.3. The highest BCUT2D eigenvalue weighted by Crippen LogP contribution is 2.47. The van der Waals surface area contributed by atoms with E-state index in [0.29, 0.717) is 39.8 Å². The number of rotatable bonds is 1. The van der Waals surface area contributed by atoms with Gasteiger partial charge in [-0.2, -0.15) is 0 Å². The molecule has 0 unspecified atom stereocenters. The van der Waals surface area contributed by atoms with Gasteiger partial charge >= 0.3 is 5.97 Å². The maximum absolute atomic E-state index is 12.6. The minimum absolute atomic E-state index is 0.0276. The molecule has 0 saturated heterocycles. The van der Waals surface area contributed by atoms with Crippen molar-refractivity contribution < 1.29 is 14.3 Å². The van der Waals surface area contributed by atoms with Crippen LogP contribution in [0.25, 0.3) is 0 Å². The summed E-state index contributed by atoms with van der Waals surface area (Å²) in [6.07, 6.45) is 1.14. The Morgan fingerprint density at radius 2 is 1.91 bits per heavy atom. The van der Waals surface area contributed by atoms with Crippen LogP contribution < -0.4 is 0 Å². The summed E-state index contributed by atoms with van der Waals surface area (Å²) in [6.45, 7) is 4.00. The molecule has 1 heterocycles. The fraction of sp³-hybridized carbons (Fsp3) is 0.412. The number of esters is 1. The average molecular weight is 339 g/mol. The van der Waals surface area contributed by atoms with Crippen molar-refractivity contribution in [3.63, 3.8) is 0 Å². The van der Waals surface area contributed by atoms with Crippen molar-refractivity contribution >= 4 is 35.0 Å². The number of allylic oxidation sites excluding steroid dienone is 2. The lowest BCUT2D eigenvalue weighted by molar-refractivity contribution is -0.142.